The van der Waals surface area contributed by atoms with Gasteiger partial charge >= 0.3 is 0 Å². The summed E-state index contributed by atoms with van der Waals surface area (Å²) in [6, 6.07) is 3.94. The molecule has 1 aliphatic rings. The standard InChI is InChI=1S/C18H25N5O2/c1-12(2)23-7-5-6-16(23)18(25)22-10-14(13-8-20-21(4)9-13)15(11-22)17(24)19-3/h5-9,12,14-15H,10-11H2,1-4H3,(H,19,24)/t14-,15+/m1/s1. The number of carbonyl (C=O) groups excluding carboxylic acids is 2. The van der Waals surface area contributed by atoms with E-state index in [9.17, 15) is 9.59 Å². The Morgan fingerprint density at radius 2 is 2.08 bits per heavy atom. The molecular weight excluding hydrogens is 318 g/mol. The minimum absolute atomic E-state index is 0.0287. The van der Waals surface area contributed by atoms with E-state index in [-0.39, 0.29) is 29.7 Å². The molecule has 2 atom stereocenters. The van der Waals surface area contributed by atoms with E-state index in [0.29, 0.717) is 18.8 Å². The Hall–Kier alpha value is -2.57. The Kier molecular flexibility index (Phi) is 4.65. The van der Waals surface area contributed by atoms with Crippen molar-refractivity contribution in [2.75, 3.05) is 20.1 Å². The zero-order valence-electron chi connectivity index (χ0n) is 15.1. The first-order chi connectivity index (χ1) is 11.9. The van der Waals surface area contributed by atoms with Crippen LogP contribution in [0.3, 0.4) is 0 Å². The van der Waals surface area contributed by atoms with Crippen LogP contribution in [0.25, 0.3) is 0 Å². The number of likely N-dealkylation sites (tertiary alicyclic amines) is 1. The molecule has 3 heterocycles. The van der Waals surface area contributed by atoms with Gasteiger partial charge < -0.3 is 14.8 Å². The first kappa shape index (κ1) is 17.3. The summed E-state index contributed by atoms with van der Waals surface area (Å²) in [6.07, 6.45) is 5.62. The number of aryl methyl sites for hydroxylation is 1. The van der Waals surface area contributed by atoms with Gasteiger partial charge in [-0.25, -0.2) is 0 Å². The van der Waals surface area contributed by atoms with Crippen molar-refractivity contribution in [3.8, 4) is 0 Å². The third-order valence-corrected chi connectivity index (χ3v) is 4.90. The quantitative estimate of drug-likeness (QED) is 0.912. The maximum Gasteiger partial charge on any atom is 0.270 e. The van der Waals surface area contributed by atoms with Crippen molar-refractivity contribution in [2.24, 2.45) is 13.0 Å². The number of hydrogen-bond donors (Lipinski definition) is 1. The van der Waals surface area contributed by atoms with Gasteiger partial charge in [0.05, 0.1) is 12.1 Å². The molecule has 0 unspecified atom stereocenters. The van der Waals surface area contributed by atoms with Crippen LogP contribution in [0, 0.1) is 5.92 Å². The first-order valence-corrected chi connectivity index (χ1v) is 8.58. The molecule has 1 fully saturated rings. The molecule has 3 rings (SSSR count). The summed E-state index contributed by atoms with van der Waals surface area (Å²) in [5.74, 6) is -0.372. The van der Waals surface area contributed by atoms with Crippen LogP contribution in [0.2, 0.25) is 0 Å². The molecule has 25 heavy (non-hydrogen) atoms. The predicted octanol–water partition coefficient (Wildman–Crippen LogP) is 1.40. The highest BCUT2D eigenvalue weighted by Crippen LogP contribution is 2.33. The molecule has 0 spiro atoms. The summed E-state index contributed by atoms with van der Waals surface area (Å²) in [5.41, 5.74) is 1.66. The van der Waals surface area contributed by atoms with Crippen LogP contribution in [0.15, 0.2) is 30.7 Å². The van der Waals surface area contributed by atoms with E-state index in [1.54, 1.807) is 22.8 Å². The average molecular weight is 343 g/mol. The van der Waals surface area contributed by atoms with Crippen LogP contribution >= 0.6 is 0 Å². The fourth-order valence-electron chi connectivity index (χ4n) is 3.58. The van der Waals surface area contributed by atoms with E-state index in [1.165, 1.54) is 0 Å². The third kappa shape index (κ3) is 3.18. The second-order valence-electron chi connectivity index (χ2n) is 6.88. The number of rotatable bonds is 4. The monoisotopic (exact) mass is 343 g/mol. The van der Waals surface area contributed by atoms with Gasteiger partial charge in [0, 0.05) is 51.5 Å². The lowest BCUT2D eigenvalue weighted by molar-refractivity contribution is -0.124. The highest BCUT2D eigenvalue weighted by Gasteiger charge is 2.41. The molecule has 0 aliphatic carbocycles. The third-order valence-electron chi connectivity index (χ3n) is 4.90. The van der Waals surface area contributed by atoms with Crippen molar-refractivity contribution in [2.45, 2.75) is 25.8 Å². The molecule has 2 aromatic rings. The molecule has 1 aliphatic heterocycles. The Balaban J connectivity index is 1.87. The zero-order valence-corrected chi connectivity index (χ0v) is 15.1. The molecular formula is C18H25N5O2. The average Bonchev–Trinajstić information content (AvgIpc) is 3.31. The van der Waals surface area contributed by atoms with Crippen LogP contribution in [0.4, 0.5) is 0 Å². The summed E-state index contributed by atoms with van der Waals surface area (Å²) < 4.78 is 3.69. The molecule has 0 radical (unpaired) electrons. The van der Waals surface area contributed by atoms with Crippen molar-refractivity contribution < 1.29 is 9.59 Å². The Labute approximate surface area is 147 Å². The minimum atomic E-state index is -0.263. The maximum atomic E-state index is 13.0. The Bertz CT molecular complexity index is 776. The highest BCUT2D eigenvalue weighted by molar-refractivity contribution is 5.94. The van der Waals surface area contributed by atoms with Gasteiger partial charge in [0.1, 0.15) is 5.69 Å². The van der Waals surface area contributed by atoms with Crippen molar-refractivity contribution in [1.29, 1.82) is 0 Å². The van der Waals surface area contributed by atoms with E-state index >= 15 is 0 Å². The van der Waals surface area contributed by atoms with Crippen LogP contribution < -0.4 is 5.32 Å². The highest BCUT2D eigenvalue weighted by atomic mass is 16.2. The lowest BCUT2D eigenvalue weighted by atomic mass is 9.90. The van der Waals surface area contributed by atoms with Crippen LogP contribution in [0.5, 0.6) is 0 Å². The number of aromatic nitrogens is 3. The Morgan fingerprint density at radius 3 is 2.68 bits per heavy atom. The maximum absolute atomic E-state index is 13.0. The molecule has 7 nitrogen and oxygen atoms in total. The zero-order chi connectivity index (χ0) is 18.1. The smallest absolute Gasteiger partial charge is 0.270 e. The van der Waals surface area contributed by atoms with Gasteiger partial charge in [0.15, 0.2) is 0 Å². The fraction of sp³-hybridized carbons (Fsp3) is 0.500. The molecule has 0 aromatic carbocycles. The lowest BCUT2D eigenvalue weighted by Crippen LogP contribution is -2.34. The van der Waals surface area contributed by atoms with Crippen molar-refractivity contribution in [1.82, 2.24) is 24.6 Å². The molecule has 2 amide bonds. The minimum Gasteiger partial charge on any atom is -0.359 e. The van der Waals surface area contributed by atoms with E-state index in [1.807, 2.05) is 50.0 Å². The van der Waals surface area contributed by atoms with Crippen LogP contribution in [0.1, 0.15) is 41.9 Å². The SMILES string of the molecule is CNC(=O)[C@H]1CN(C(=O)c2cccn2C(C)C)C[C@@H]1c1cnn(C)c1. The van der Waals surface area contributed by atoms with E-state index in [0.717, 1.165) is 5.56 Å². The molecule has 1 saturated heterocycles. The molecule has 134 valence electrons. The number of amides is 2. The van der Waals surface area contributed by atoms with Crippen molar-refractivity contribution in [3.63, 3.8) is 0 Å². The van der Waals surface area contributed by atoms with Gasteiger partial charge in [-0.1, -0.05) is 0 Å². The van der Waals surface area contributed by atoms with Gasteiger partial charge in [-0.3, -0.25) is 14.3 Å². The van der Waals surface area contributed by atoms with Gasteiger partial charge in [-0.05, 0) is 31.5 Å². The van der Waals surface area contributed by atoms with Gasteiger partial charge in [0.2, 0.25) is 5.91 Å². The summed E-state index contributed by atoms with van der Waals surface area (Å²) in [5, 5.41) is 6.94. The second kappa shape index (κ2) is 6.74. The molecule has 0 saturated carbocycles. The number of nitrogens with one attached hydrogen (secondary N) is 1. The van der Waals surface area contributed by atoms with Gasteiger partial charge in [-0.2, -0.15) is 5.10 Å². The van der Waals surface area contributed by atoms with Crippen molar-refractivity contribution >= 4 is 11.8 Å². The summed E-state index contributed by atoms with van der Waals surface area (Å²) >= 11 is 0. The molecule has 7 heteroatoms. The van der Waals surface area contributed by atoms with E-state index in [4.69, 9.17) is 0 Å². The topological polar surface area (TPSA) is 72.2 Å². The molecule has 0 bridgehead atoms. The number of hydrogen-bond acceptors (Lipinski definition) is 3. The van der Waals surface area contributed by atoms with Gasteiger partial charge in [0.25, 0.3) is 5.91 Å². The number of nitrogens with zero attached hydrogens (tertiary/aromatic N) is 4. The summed E-state index contributed by atoms with van der Waals surface area (Å²) in [7, 11) is 3.49. The first-order valence-electron chi connectivity index (χ1n) is 8.58. The van der Waals surface area contributed by atoms with Crippen molar-refractivity contribution in [3.05, 3.63) is 42.0 Å². The second-order valence-corrected chi connectivity index (χ2v) is 6.88. The summed E-state index contributed by atoms with van der Waals surface area (Å²) in [4.78, 5) is 27.2. The largest absolute Gasteiger partial charge is 0.359 e. The normalized spacial score (nSPS) is 20.3. The van der Waals surface area contributed by atoms with E-state index in [2.05, 4.69) is 10.4 Å². The Morgan fingerprint density at radius 1 is 1.32 bits per heavy atom. The predicted molar refractivity (Wildman–Crippen MR) is 94.2 cm³/mol. The van der Waals surface area contributed by atoms with Crippen LogP contribution in [-0.2, 0) is 11.8 Å². The fourth-order valence-corrected chi connectivity index (χ4v) is 3.58. The summed E-state index contributed by atoms with van der Waals surface area (Å²) in [6.45, 7) is 5.03. The molecule has 2 aromatic heterocycles. The van der Waals surface area contributed by atoms with Gasteiger partial charge in [-0.15, -0.1) is 0 Å². The molecule has 1 N–H and O–H groups in total. The lowest BCUT2D eigenvalue weighted by Gasteiger charge is -2.19. The number of carbonyl (C=O) groups is 2. The van der Waals surface area contributed by atoms with E-state index < -0.39 is 0 Å². The van der Waals surface area contributed by atoms with Crippen LogP contribution in [-0.4, -0.2) is 51.2 Å².